The molecule has 0 aromatic heterocycles. The van der Waals surface area contributed by atoms with Gasteiger partial charge in [-0.15, -0.1) is 0 Å². The Kier molecular flexibility index (Phi) is 6.28. The normalized spacial score (nSPS) is 25.6. The third kappa shape index (κ3) is 4.38. The number of unbranched alkanes of at least 4 members (excludes halogenated alkanes) is 4. The van der Waals surface area contributed by atoms with E-state index in [4.69, 9.17) is 4.43 Å². The van der Waals surface area contributed by atoms with Crippen LogP contribution in [-0.2, 0) is 9.22 Å². The third-order valence-electron chi connectivity index (χ3n) is 3.57. The maximum atomic E-state index is 12.1. The van der Waals surface area contributed by atoms with Crippen LogP contribution in [0.15, 0.2) is 0 Å². The summed E-state index contributed by atoms with van der Waals surface area (Å²) in [6.45, 7) is 5.15. The Morgan fingerprint density at radius 2 is 1.94 bits per heavy atom. The third-order valence-corrected chi connectivity index (χ3v) is 7.14. The van der Waals surface area contributed by atoms with Crippen molar-refractivity contribution in [1.82, 2.24) is 0 Å². The Hall–Kier alpha value is -0.153. The maximum absolute atomic E-state index is 12.1. The van der Waals surface area contributed by atoms with Crippen LogP contribution < -0.4 is 0 Å². The summed E-state index contributed by atoms with van der Waals surface area (Å²) in [6.07, 6.45) is 9.25. The van der Waals surface area contributed by atoms with Gasteiger partial charge in [0.25, 0.3) is 8.32 Å². The highest BCUT2D eigenvalue weighted by Gasteiger charge is 2.38. The standard InChI is InChI=1S/C13H26O2Si/c1-3-4-5-6-7-10-13(14)16(2)12-9-8-11-15-16/h3-12H2,1-2H3. The minimum atomic E-state index is -1.95. The molecule has 1 aliphatic rings. The highest BCUT2D eigenvalue weighted by Crippen LogP contribution is 2.24. The molecule has 0 N–H and O–H groups in total. The minimum absolute atomic E-state index is 0.462. The summed E-state index contributed by atoms with van der Waals surface area (Å²) in [4.78, 5) is 12.1. The van der Waals surface area contributed by atoms with Crippen molar-refractivity contribution in [1.29, 1.82) is 0 Å². The van der Waals surface area contributed by atoms with Gasteiger partial charge >= 0.3 is 0 Å². The summed E-state index contributed by atoms with van der Waals surface area (Å²) in [7, 11) is -1.95. The Morgan fingerprint density at radius 3 is 2.56 bits per heavy atom. The fourth-order valence-corrected chi connectivity index (χ4v) is 5.12. The minimum Gasteiger partial charge on any atom is -0.409 e. The molecule has 1 aliphatic heterocycles. The first-order valence-electron chi connectivity index (χ1n) is 6.86. The van der Waals surface area contributed by atoms with Crippen LogP contribution in [0.4, 0.5) is 0 Å². The van der Waals surface area contributed by atoms with Gasteiger partial charge in [-0.05, 0) is 25.4 Å². The molecule has 0 spiro atoms. The summed E-state index contributed by atoms with van der Waals surface area (Å²) < 4.78 is 5.79. The van der Waals surface area contributed by atoms with Gasteiger partial charge in [-0.25, -0.2) is 0 Å². The van der Waals surface area contributed by atoms with E-state index in [2.05, 4.69) is 13.5 Å². The van der Waals surface area contributed by atoms with Gasteiger partial charge in [0.1, 0.15) is 5.41 Å². The number of hydrogen-bond acceptors (Lipinski definition) is 2. The smallest absolute Gasteiger partial charge is 0.261 e. The lowest BCUT2D eigenvalue weighted by Gasteiger charge is -2.29. The summed E-state index contributed by atoms with van der Waals surface area (Å²) >= 11 is 0. The largest absolute Gasteiger partial charge is 0.409 e. The van der Waals surface area contributed by atoms with Crippen molar-refractivity contribution in [2.45, 2.75) is 70.9 Å². The lowest BCUT2D eigenvalue weighted by atomic mass is 10.1. The van der Waals surface area contributed by atoms with Crippen LogP contribution >= 0.6 is 0 Å². The van der Waals surface area contributed by atoms with Crippen LogP contribution in [0.2, 0.25) is 12.6 Å². The fourth-order valence-electron chi connectivity index (χ4n) is 2.31. The molecule has 1 unspecified atom stereocenters. The van der Waals surface area contributed by atoms with Crippen LogP contribution in [0.25, 0.3) is 0 Å². The summed E-state index contributed by atoms with van der Waals surface area (Å²) in [5, 5.41) is 0.462. The molecule has 0 aromatic carbocycles. The molecular formula is C13H26O2Si. The Labute approximate surface area is 101 Å². The first-order chi connectivity index (χ1) is 7.69. The van der Waals surface area contributed by atoms with E-state index in [0.717, 1.165) is 31.9 Å². The van der Waals surface area contributed by atoms with Gasteiger partial charge < -0.3 is 9.22 Å². The average molecular weight is 242 g/mol. The van der Waals surface area contributed by atoms with Crippen LogP contribution in [0.1, 0.15) is 58.3 Å². The molecule has 1 saturated heterocycles. The predicted octanol–water partition coefficient (Wildman–Crippen LogP) is 3.84. The molecular weight excluding hydrogens is 216 g/mol. The SMILES string of the molecule is CCCCCCCC(=O)[Si]1(C)CCCCO1. The Balaban J connectivity index is 2.18. The molecule has 0 bridgehead atoms. The topological polar surface area (TPSA) is 26.3 Å². The van der Waals surface area contributed by atoms with Crippen molar-refractivity contribution in [2.75, 3.05) is 6.61 Å². The molecule has 0 aromatic rings. The average Bonchev–Trinajstić information content (AvgIpc) is 2.29. The van der Waals surface area contributed by atoms with Crippen molar-refractivity contribution in [2.24, 2.45) is 0 Å². The first-order valence-corrected chi connectivity index (χ1v) is 9.48. The molecule has 1 heterocycles. The fraction of sp³-hybridized carbons (Fsp3) is 0.923. The van der Waals surface area contributed by atoms with Crippen molar-refractivity contribution in [3.63, 3.8) is 0 Å². The van der Waals surface area contributed by atoms with E-state index in [-0.39, 0.29) is 0 Å². The van der Waals surface area contributed by atoms with Crippen molar-refractivity contribution in [3.8, 4) is 0 Å². The van der Waals surface area contributed by atoms with Crippen LogP contribution in [0.3, 0.4) is 0 Å². The molecule has 94 valence electrons. The molecule has 0 saturated carbocycles. The lowest BCUT2D eigenvalue weighted by molar-refractivity contribution is -0.114. The lowest BCUT2D eigenvalue weighted by Crippen LogP contribution is -2.46. The number of carbonyl (C=O) groups excluding carboxylic acids is 1. The van der Waals surface area contributed by atoms with E-state index in [1.807, 2.05) is 0 Å². The summed E-state index contributed by atoms with van der Waals surface area (Å²) in [6, 6.07) is 1.06. The number of hydrogen-bond donors (Lipinski definition) is 0. The zero-order chi connectivity index (χ0) is 11.9. The zero-order valence-corrected chi connectivity index (χ0v) is 11.9. The van der Waals surface area contributed by atoms with E-state index in [1.54, 1.807) is 0 Å². The van der Waals surface area contributed by atoms with Gasteiger partial charge in [0, 0.05) is 13.0 Å². The Morgan fingerprint density at radius 1 is 1.19 bits per heavy atom. The van der Waals surface area contributed by atoms with E-state index in [9.17, 15) is 4.79 Å². The predicted molar refractivity (Wildman–Crippen MR) is 70.0 cm³/mol. The molecule has 1 atom stereocenters. The second-order valence-corrected chi connectivity index (χ2v) is 8.93. The maximum Gasteiger partial charge on any atom is 0.261 e. The van der Waals surface area contributed by atoms with Gasteiger partial charge in [-0.2, -0.15) is 0 Å². The molecule has 0 amide bonds. The molecule has 1 rings (SSSR count). The van der Waals surface area contributed by atoms with Gasteiger partial charge in [0.2, 0.25) is 0 Å². The molecule has 1 fully saturated rings. The van der Waals surface area contributed by atoms with E-state index in [1.165, 1.54) is 32.1 Å². The Bertz CT molecular complexity index is 210. The second-order valence-electron chi connectivity index (χ2n) is 5.12. The second kappa shape index (κ2) is 7.23. The molecule has 2 nitrogen and oxygen atoms in total. The molecule has 16 heavy (non-hydrogen) atoms. The van der Waals surface area contributed by atoms with E-state index in [0.29, 0.717) is 5.41 Å². The first kappa shape index (κ1) is 13.9. The number of carbonyl (C=O) groups is 1. The van der Waals surface area contributed by atoms with Gasteiger partial charge in [-0.1, -0.05) is 39.0 Å². The summed E-state index contributed by atoms with van der Waals surface area (Å²) in [5.41, 5.74) is 0. The zero-order valence-electron chi connectivity index (χ0n) is 10.9. The quantitative estimate of drug-likeness (QED) is 0.501. The van der Waals surface area contributed by atoms with Crippen molar-refractivity contribution < 1.29 is 9.22 Å². The van der Waals surface area contributed by atoms with Crippen LogP contribution in [0.5, 0.6) is 0 Å². The van der Waals surface area contributed by atoms with Gasteiger partial charge in [0.15, 0.2) is 0 Å². The van der Waals surface area contributed by atoms with Crippen molar-refractivity contribution in [3.05, 3.63) is 0 Å². The van der Waals surface area contributed by atoms with Crippen molar-refractivity contribution >= 4 is 13.7 Å². The molecule has 0 aliphatic carbocycles. The molecule has 3 heteroatoms. The van der Waals surface area contributed by atoms with E-state index >= 15 is 0 Å². The van der Waals surface area contributed by atoms with Crippen LogP contribution in [0, 0.1) is 0 Å². The molecule has 0 radical (unpaired) electrons. The summed E-state index contributed by atoms with van der Waals surface area (Å²) in [5.74, 6) is 0. The monoisotopic (exact) mass is 242 g/mol. The highest BCUT2D eigenvalue weighted by atomic mass is 28.4. The van der Waals surface area contributed by atoms with Crippen LogP contribution in [-0.4, -0.2) is 20.3 Å². The highest BCUT2D eigenvalue weighted by molar-refractivity contribution is 7.00. The van der Waals surface area contributed by atoms with Gasteiger partial charge in [0.05, 0.1) is 0 Å². The van der Waals surface area contributed by atoms with Gasteiger partial charge in [-0.3, -0.25) is 0 Å². The number of rotatable bonds is 7. The van der Waals surface area contributed by atoms with E-state index < -0.39 is 8.32 Å².